The lowest BCUT2D eigenvalue weighted by molar-refractivity contribution is 0.365. The molecule has 1 saturated heterocycles. The second-order valence-electron chi connectivity index (χ2n) is 8.22. The van der Waals surface area contributed by atoms with Gasteiger partial charge in [-0.2, -0.15) is 0 Å². The summed E-state index contributed by atoms with van der Waals surface area (Å²) in [5.41, 5.74) is 2.19. The Morgan fingerprint density at radius 1 is 0.441 bits per heavy atom. The van der Waals surface area contributed by atoms with Crippen molar-refractivity contribution in [2.45, 2.75) is 0 Å². The average Bonchev–Trinajstić information content (AvgIpc) is 3.59. The molecule has 0 N–H and O–H groups in total. The highest BCUT2D eigenvalue weighted by molar-refractivity contribution is 6.66. The van der Waals surface area contributed by atoms with E-state index in [9.17, 15) is 0 Å². The van der Waals surface area contributed by atoms with Gasteiger partial charge in [-0.05, 0) is 39.1 Å². The van der Waals surface area contributed by atoms with Gasteiger partial charge in [0.25, 0.3) is 0 Å². The molecule has 5 aromatic carbocycles. The molecule has 0 atom stereocenters. The molecule has 6 heteroatoms. The Balaban J connectivity index is 0.000000132. The van der Waals surface area contributed by atoms with Crippen molar-refractivity contribution in [3.8, 4) is 11.5 Å². The Morgan fingerprint density at radius 2 is 0.882 bits per heavy atom. The van der Waals surface area contributed by atoms with Crippen molar-refractivity contribution >= 4 is 46.7 Å². The first-order valence-corrected chi connectivity index (χ1v) is 11.5. The molecule has 0 bridgehead atoms. The van der Waals surface area contributed by atoms with Crippen molar-refractivity contribution in [2.24, 2.45) is 0 Å². The fraction of sp³-hybridized carbons (Fsp3) is 0.0714. The zero-order valence-corrected chi connectivity index (χ0v) is 18.6. The SMILES string of the molecule is c1ccc2c(B3OCCO3)cccc2c1.c1ccc2c(c1)OB(c1cccc3ccccc13)O2. The molecular formula is C28H22B2O4. The lowest BCUT2D eigenvalue weighted by atomic mass is 9.76. The van der Waals surface area contributed by atoms with Crippen LogP contribution in [0, 0.1) is 0 Å². The largest absolute Gasteiger partial charge is 0.633 e. The minimum atomic E-state index is -0.358. The topological polar surface area (TPSA) is 36.9 Å². The van der Waals surface area contributed by atoms with E-state index >= 15 is 0 Å². The van der Waals surface area contributed by atoms with Crippen LogP contribution in [0.1, 0.15) is 0 Å². The van der Waals surface area contributed by atoms with Gasteiger partial charge in [-0.3, -0.25) is 0 Å². The summed E-state index contributed by atoms with van der Waals surface area (Å²) in [6.45, 7) is 1.38. The van der Waals surface area contributed by atoms with Crippen LogP contribution in [-0.2, 0) is 9.31 Å². The molecule has 0 aromatic heterocycles. The quantitative estimate of drug-likeness (QED) is 0.374. The van der Waals surface area contributed by atoms with E-state index in [-0.39, 0.29) is 14.2 Å². The van der Waals surface area contributed by atoms with Gasteiger partial charge >= 0.3 is 14.2 Å². The van der Waals surface area contributed by atoms with Gasteiger partial charge < -0.3 is 18.6 Å². The van der Waals surface area contributed by atoms with Crippen molar-refractivity contribution in [1.82, 2.24) is 0 Å². The summed E-state index contributed by atoms with van der Waals surface area (Å²) in [6, 6.07) is 36.7. The molecule has 34 heavy (non-hydrogen) atoms. The predicted molar refractivity (Wildman–Crippen MR) is 138 cm³/mol. The molecule has 7 rings (SSSR count). The Morgan fingerprint density at radius 3 is 1.44 bits per heavy atom. The Kier molecular flexibility index (Phi) is 5.68. The van der Waals surface area contributed by atoms with Gasteiger partial charge in [-0.15, -0.1) is 0 Å². The smallest absolute Gasteiger partial charge is 0.519 e. The highest BCUT2D eigenvalue weighted by Gasteiger charge is 2.34. The second-order valence-corrected chi connectivity index (χ2v) is 8.22. The minimum Gasteiger partial charge on any atom is -0.519 e. The molecule has 164 valence electrons. The normalized spacial score (nSPS) is 14.4. The third-order valence-electron chi connectivity index (χ3n) is 6.09. The predicted octanol–water partition coefficient (Wildman–Crippen LogP) is 4.59. The van der Waals surface area contributed by atoms with Crippen molar-refractivity contribution in [3.63, 3.8) is 0 Å². The number of fused-ring (bicyclic) bond motifs is 3. The van der Waals surface area contributed by atoms with Crippen molar-refractivity contribution in [2.75, 3.05) is 13.2 Å². The Hall–Kier alpha value is -3.73. The molecule has 2 aliphatic heterocycles. The number of rotatable bonds is 2. The van der Waals surface area contributed by atoms with Crippen LogP contribution < -0.4 is 20.2 Å². The van der Waals surface area contributed by atoms with Crippen LogP contribution in [0.25, 0.3) is 21.5 Å². The van der Waals surface area contributed by atoms with E-state index in [2.05, 4.69) is 48.5 Å². The van der Waals surface area contributed by atoms with Crippen LogP contribution in [0.5, 0.6) is 11.5 Å². The average molecular weight is 444 g/mol. The Bertz CT molecular complexity index is 1410. The van der Waals surface area contributed by atoms with Crippen LogP contribution in [-0.4, -0.2) is 27.5 Å². The third kappa shape index (κ3) is 4.03. The maximum atomic E-state index is 5.88. The van der Waals surface area contributed by atoms with E-state index in [1.54, 1.807) is 0 Å². The first-order valence-electron chi connectivity index (χ1n) is 11.5. The molecule has 0 amide bonds. The van der Waals surface area contributed by atoms with Crippen LogP contribution in [0.2, 0.25) is 0 Å². The summed E-state index contributed by atoms with van der Waals surface area (Å²) in [6.07, 6.45) is 0. The van der Waals surface area contributed by atoms with Gasteiger partial charge in [0, 0.05) is 5.46 Å². The molecule has 0 spiro atoms. The minimum absolute atomic E-state index is 0.184. The van der Waals surface area contributed by atoms with Gasteiger partial charge in [0.15, 0.2) is 0 Å². The molecule has 2 aliphatic rings. The van der Waals surface area contributed by atoms with Crippen LogP contribution in [0.4, 0.5) is 0 Å². The summed E-state index contributed by atoms with van der Waals surface area (Å²) in [5.74, 6) is 1.61. The standard InChI is InChI=1S/C16H11BO2.C12H11BO2/c1-2-8-13-12(6-1)7-5-9-14(13)17-18-15-10-3-4-11-16(15)19-17;1-2-6-11-10(4-1)5-3-7-12(11)13-14-8-9-15-13/h1-11H;1-7H,8-9H2. The fourth-order valence-corrected chi connectivity index (χ4v) is 4.48. The van der Waals surface area contributed by atoms with E-state index in [0.29, 0.717) is 13.2 Å². The summed E-state index contributed by atoms with van der Waals surface area (Å²) in [5, 5.41) is 4.81. The van der Waals surface area contributed by atoms with E-state index < -0.39 is 0 Å². The molecule has 2 heterocycles. The maximum Gasteiger partial charge on any atom is 0.633 e. The number of hydrogen-bond donors (Lipinski definition) is 0. The highest BCUT2D eigenvalue weighted by Crippen LogP contribution is 2.33. The van der Waals surface area contributed by atoms with Crippen LogP contribution >= 0.6 is 0 Å². The lowest BCUT2D eigenvalue weighted by Crippen LogP contribution is -2.39. The van der Waals surface area contributed by atoms with Gasteiger partial charge in [0.1, 0.15) is 11.5 Å². The number of para-hydroxylation sites is 2. The van der Waals surface area contributed by atoms with Crippen LogP contribution in [0.3, 0.4) is 0 Å². The van der Waals surface area contributed by atoms with Crippen molar-refractivity contribution in [1.29, 1.82) is 0 Å². The molecular weight excluding hydrogens is 422 g/mol. The summed E-state index contributed by atoms with van der Waals surface area (Å²) in [4.78, 5) is 0. The van der Waals surface area contributed by atoms with E-state index in [1.165, 1.54) is 21.5 Å². The van der Waals surface area contributed by atoms with Crippen molar-refractivity contribution < 1.29 is 18.6 Å². The van der Waals surface area contributed by atoms with Gasteiger partial charge in [0.05, 0.1) is 13.2 Å². The Labute approximate surface area is 199 Å². The fourth-order valence-electron chi connectivity index (χ4n) is 4.48. The molecule has 0 radical (unpaired) electrons. The monoisotopic (exact) mass is 444 g/mol. The van der Waals surface area contributed by atoms with Crippen molar-refractivity contribution in [3.05, 3.63) is 109 Å². The lowest BCUT2D eigenvalue weighted by Gasteiger charge is -2.08. The third-order valence-corrected chi connectivity index (χ3v) is 6.09. The zero-order valence-electron chi connectivity index (χ0n) is 18.6. The molecule has 5 aromatic rings. The molecule has 0 saturated carbocycles. The first-order chi connectivity index (χ1) is 16.9. The van der Waals surface area contributed by atoms with Gasteiger partial charge in [0.2, 0.25) is 0 Å². The van der Waals surface area contributed by atoms with Gasteiger partial charge in [-0.1, -0.05) is 97.1 Å². The molecule has 0 unspecified atom stereocenters. The second kappa shape index (κ2) is 9.26. The highest BCUT2D eigenvalue weighted by atomic mass is 16.6. The molecule has 4 nitrogen and oxygen atoms in total. The maximum absolute atomic E-state index is 5.88. The first kappa shape index (κ1) is 20.8. The summed E-state index contributed by atoms with van der Waals surface area (Å²) in [7, 11) is -0.542. The van der Waals surface area contributed by atoms with E-state index in [4.69, 9.17) is 18.6 Å². The summed E-state index contributed by atoms with van der Waals surface area (Å²) >= 11 is 0. The van der Waals surface area contributed by atoms with Crippen LogP contribution in [0.15, 0.2) is 109 Å². The summed E-state index contributed by atoms with van der Waals surface area (Å²) < 4.78 is 22.8. The number of hydrogen-bond acceptors (Lipinski definition) is 4. The molecule has 1 fully saturated rings. The molecule has 0 aliphatic carbocycles. The number of benzene rings is 5. The zero-order chi connectivity index (χ0) is 22.7. The van der Waals surface area contributed by atoms with E-state index in [1.807, 2.05) is 60.7 Å². The van der Waals surface area contributed by atoms with Gasteiger partial charge in [-0.25, -0.2) is 0 Å². The van der Waals surface area contributed by atoms with E-state index in [0.717, 1.165) is 22.4 Å².